The molecule has 0 saturated carbocycles. The Hall–Kier alpha value is -4.50. The van der Waals surface area contributed by atoms with E-state index in [0.717, 1.165) is 17.1 Å². The van der Waals surface area contributed by atoms with Gasteiger partial charge in [0.2, 0.25) is 0 Å². The molecule has 0 radical (unpaired) electrons. The van der Waals surface area contributed by atoms with Gasteiger partial charge in [-0.25, -0.2) is 10.2 Å². The summed E-state index contributed by atoms with van der Waals surface area (Å²) in [6.07, 6.45) is 1.39. The van der Waals surface area contributed by atoms with Gasteiger partial charge >= 0.3 is 11.9 Å². The number of carboxylic acid groups (broad SMARTS) is 1. The number of nitrogens with zero attached hydrogens (tertiary/aromatic N) is 2. The van der Waals surface area contributed by atoms with E-state index in [1.165, 1.54) is 24.4 Å². The SMILES string of the molecule is Cc1ccc(C)n1-c1ccc(OCc2ccc(C(=O)N/N=C/c3ccc(OCC(=O)O)c(Cl)c3)o2)cc1. The lowest BCUT2D eigenvalue weighted by atomic mass is 10.2. The molecule has 10 heteroatoms. The predicted molar refractivity (Wildman–Crippen MR) is 138 cm³/mol. The Bertz CT molecular complexity index is 1420. The molecular weight excluding hydrogens is 498 g/mol. The van der Waals surface area contributed by atoms with Crippen LogP contribution in [0, 0.1) is 13.8 Å². The molecule has 0 aliphatic heterocycles. The molecule has 2 aromatic heterocycles. The summed E-state index contributed by atoms with van der Waals surface area (Å²) >= 11 is 6.08. The van der Waals surface area contributed by atoms with Gasteiger partial charge in [0.15, 0.2) is 12.4 Å². The summed E-state index contributed by atoms with van der Waals surface area (Å²) in [5, 5.41) is 12.8. The maximum atomic E-state index is 12.3. The topological polar surface area (TPSA) is 115 Å². The van der Waals surface area contributed by atoms with Gasteiger partial charge in [-0.1, -0.05) is 11.6 Å². The van der Waals surface area contributed by atoms with Crippen LogP contribution in [0.3, 0.4) is 0 Å². The molecule has 4 aromatic rings. The normalized spacial score (nSPS) is 11.0. The summed E-state index contributed by atoms with van der Waals surface area (Å²) in [6.45, 7) is 3.77. The van der Waals surface area contributed by atoms with Crippen molar-refractivity contribution >= 4 is 29.7 Å². The smallest absolute Gasteiger partial charge is 0.341 e. The number of hydrogen-bond donors (Lipinski definition) is 2. The van der Waals surface area contributed by atoms with E-state index < -0.39 is 18.5 Å². The second-order valence-electron chi connectivity index (χ2n) is 8.07. The third-order valence-electron chi connectivity index (χ3n) is 5.32. The minimum absolute atomic E-state index is 0.0834. The zero-order valence-corrected chi connectivity index (χ0v) is 20.9. The van der Waals surface area contributed by atoms with Gasteiger partial charge in [0.05, 0.1) is 11.2 Å². The maximum absolute atomic E-state index is 12.3. The summed E-state index contributed by atoms with van der Waals surface area (Å²) in [4.78, 5) is 22.9. The number of nitrogens with one attached hydrogen (secondary N) is 1. The number of amides is 1. The predicted octanol–water partition coefficient (Wildman–Crippen LogP) is 5.15. The van der Waals surface area contributed by atoms with E-state index in [1.54, 1.807) is 12.1 Å². The largest absolute Gasteiger partial charge is 0.486 e. The van der Waals surface area contributed by atoms with Crippen molar-refractivity contribution in [3.8, 4) is 17.2 Å². The highest BCUT2D eigenvalue weighted by atomic mass is 35.5. The molecule has 2 heterocycles. The zero-order chi connectivity index (χ0) is 26.4. The van der Waals surface area contributed by atoms with E-state index >= 15 is 0 Å². The van der Waals surface area contributed by atoms with Gasteiger partial charge in [0.25, 0.3) is 0 Å². The number of aromatic nitrogens is 1. The van der Waals surface area contributed by atoms with Crippen LogP contribution in [0.15, 0.2) is 76.2 Å². The van der Waals surface area contributed by atoms with Gasteiger partial charge in [-0.2, -0.15) is 5.10 Å². The van der Waals surface area contributed by atoms with E-state index in [0.29, 0.717) is 17.1 Å². The molecular formula is C27H24ClN3O6. The Morgan fingerprint density at radius 3 is 2.43 bits per heavy atom. The lowest BCUT2D eigenvalue weighted by Crippen LogP contribution is -2.16. The van der Waals surface area contributed by atoms with E-state index in [-0.39, 0.29) is 23.1 Å². The van der Waals surface area contributed by atoms with Crippen molar-refractivity contribution in [1.29, 1.82) is 0 Å². The molecule has 4 rings (SSSR count). The highest BCUT2D eigenvalue weighted by molar-refractivity contribution is 6.32. The van der Waals surface area contributed by atoms with Crippen molar-refractivity contribution < 1.29 is 28.6 Å². The molecule has 2 aromatic carbocycles. The third-order valence-corrected chi connectivity index (χ3v) is 5.61. The molecule has 0 saturated heterocycles. The van der Waals surface area contributed by atoms with Crippen LogP contribution in [0.25, 0.3) is 5.69 Å². The average Bonchev–Trinajstić information content (AvgIpc) is 3.48. The fourth-order valence-corrected chi connectivity index (χ4v) is 3.82. The maximum Gasteiger partial charge on any atom is 0.341 e. The number of halogens is 1. The van der Waals surface area contributed by atoms with Crippen LogP contribution in [0.4, 0.5) is 0 Å². The number of furan rings is 1. The Morgan fingerprint density at radius 2 is 1.76 bits per heavy atom. The van der Waals surface area contributed by atoms with Crippen LogP contribution < -0.4 is 14.9 Å². The highest BCUT2D eigenvalue weighted by Gasteiger charge is 2.11. The molecule has 0 unspecified atom stereocenters. The lowest BCUT2D eigenvalue weighted by Gasteiger charge is -2.10. The molecule has 1 amide bonds. The molecule has 0 aliphatic rings. The monoisotopic (exact) mass is 521 g/mol. The summed E-state index contributed by atoms with van der Waals surface area (Å²) in [7, 11) is 0. The lowest BCUT2D eigenvalue weighted by molar-refractivity contribution is -0.139. The number of ether oxygens (including phenoxy) is 2. The van der Waals surface area contributed by atoms with Crippen LogP contribution >= 0.6 is 11.6 Å². The Balaban J connectivity index is 1.28. The summed E-state index contributed by atoms with van der Waals surface area (Å²) < 4.78 is 18.6. The first-order chi connectivity index (χ1) is 17.8. The van der Waals surface area contributed by atoms with Gasteiger partial charge in [-0.15, -0.1) is 0 Å². The Morgan fingerprint density at radius 1 is 1.03 bits per heavy atom. The number of aliphatic carboxylic acids is 1. The van der Waals surface area contributed by atoms with E-state index in [2.05, 4.69) is 41.1 Å². The van der Waals surface area contributed by atoms with Crippen LogP contribution in [-0.4, -0.2) is 34.4 Å². The van der Waals surface area contributed by atoms with Crippen molar-refractivity contribution in [1.82, 2.24) is 9.99 Å². The number of rotatable bonds is 10. The van der Waals surface area contributed by atoms with E-state index in [4.69, 9.17) is 30.6 Å². The van der Waals surface area contributed by atoms with Crippen molar-refractivity contribution in [2.45, 2.75) is 20.5 Å². The number of hydrazone groups is 1. The fraction of sp³-hybridized carbons (Fsp3) is 0.148. The first-order valence-electron chi connectivity index (χ1n) is 11.2. The number of carbonyl (C=O) groups is 2. The standard InChI is InChI=1S/C27H24ClN3O6/c1-17-3-4-18(2)31(17)20-6-8-21(9-7-20)35-15-22-10-12-25(37-22)27(34)30-29-14-19-5-11-24(23(28)13-19)36-16-26(32)33/h3-14H,15-16H2,1-2H3,(H,30,34)(H,32,33)/b29-14+. The van der Waals surface area contributed by atoms with Crippen LogP contribution in [0.1, 0.15) is 33.3 Å². The number of benzene rings is 2. The highest BCUT2D eigenvalue weighted by Crippen LogP contribution is 2.25. The Kier molecular flexibility index (Phi) is 7.95. The van der Waals surface area contributed by atoms with Crippen molar-refractivity contribution in [2.75, 3.05) is 6.61 Å². The van der Waals surface area contributed by atoms with E-state index in [1.807, 2.05) is 24.3 Å². The summed E-state index contributed by atoms with van der Waals surface area (Å²) in [6, 6.07) is 19.8. The van der Waals surface area contributed by atoms with Crippen molar-refractivity contribution in [2.24, 2.45) is 5.10 Å². The molecule has 0 bridgehead atoms. The fourth-order valence-electron chi connectivity index (χ4n) is 3.57. The second-order valence-corrected chi connectivity index (χ2v) is 8.48. The molecule has 9 nitrogen and oxygen atoms in total. The molecule has 2 N–H and O–H groups in total. The second kappa shape index (κ2) is 11.5. The van der Waals surface area contributed by atoms with Crippen molar-refractivity contribution in [3.05, 3.63) is 100 Å². The van der Waals surface area contributed by atoms with Crippen LogP contribution in [0.2, 0.25) is 5.02 Å². The molecule has 37 heavy (non-hydrogen) atoms. The number of aryl methyl sites for hydroxylation is 2. The zero-order valence-electron chi connectivity index (χ0n) is 20.1. The minimum Gasteiger partial charge on any atom is -0.486 e. The Labute approximate surface area is 217 Å². The molecule has 0 atom stereocenters. The number of hydrogen-bond acceptors (Lipinski definition) is 6. The quantitative estimate of drug-likeness (QED) is 0.220. The van der Waals surface area contributed by atoms with Gasteiger partial charge in [0, 0.05) is 17.1 Å². The third kappa shape index (κ3) is 6.59. The molecule has 190 valence electrons. The first-order valence-corrected chi connectivity index (χ1v) is 11.6. The summed E-state index contributed by atoms with van der Waals surface area (Å²) in [5.74, 6) is -0.158. The summed E-state index contributed by atoms with van der Waals surface area (Å²) in [5.41, 5.74) is 6.32. The van der Waals surface area contributed by atoms with Gasteiger partial charge in [0.1, 0.15) is 23.9 Å². The molecule has 0 spiro atoms. The molecule has 0 fully saturated rings. The number of carbonyl (C=O) groups excluding carboxylic acids is 1. The number of carboxylic acids is 1. The van der Waals surface area contributed by atoms with Crippen LogP contribution in [-0.2, 0) is 11.4 Å². The molecule has 0 aliphatic carbocycles. The van der Waals surface area contributed by atoms with Crippen molar-refractivity contribution in [3.63, 3.8) is 0 Å². The first kappa shape index (κ1) is 25.6. The van der Waals surface area contributed by atoms with Gasteiger partial charge in [-0.3, -0.25) is 4.79 Å². The van der Waals surface area contributed by atoms with E-state index in [9.17, 15) is 9.59 Å². The van der Waals surface area contributed by atoms with Gasteiger partial charge in [-0.05, 0) is 86.1 Å². The van der Waals surface area contributed by atoms with Crippen LogP contribution in [0.5, 0.6) is 11.5 Å². The van der Waals surface area contributed by atoms with Gasteiger partial charge < -0.3 is 23.6 Å². The minimum atomic E-state index is -1.11. The average molecular weight is 522 g/mol.